The Morgan fingerprint density at radius 2 is 1.72 bits per heavy atom. The van der Waals surface area contributed by atoms with Crippen molar-refractivity contribution in [2.45, 2.75) is 39.7 Å². The number of hydrogen-bond acceptors (Lipinski definition) is 4. The van der Waals surface area contributed by atoms with Gasteiger partial charge in [-0.25, -0.2) is 4.98 Å². The van der Waals surface area contributed by atoms with Crippen molar-refractivity contribution >= 4 is 22.8 Å². The number of fused-ring (bicyclic) bond motifs is 1. The van der Waals surface area contributed by atoms with E-state index < -0.39 is 0 Å². The van der Waals surface area contributed by atoms with Gasteiger partial charge in [-0.3, -0.25) is 9.59 Å². The summed E-state index contributed by atoms with van der Waals surface area (Å²) in [5.74, 6) is 1.22. The van der Waals surface area contributed by atoms with Gasteiger partial charge in [-0.1, -0.05) is 38.1 Å². The van der Waals surface area contributed by atoms with Crippen LogP contribution in [-0.2, 0) is 17.8 Å². The second-order valence-corrected chi connectivity index (χ2v) is 7.69. The monoisotopic (exact) mass is 436 g/mol. The van der Waals surface area contributed by atoms with Gasteiger partial charge < -0.3 is 19.5 Å². The van der Waals surface area contributed by atoms with Gasteiger partial charge in [0, 0.05) is 26.1 Å². The number of imidazole rings is 1. The lowest BCUT2D eigenvalue weighted by atomic mass is 10.2. The number of para-hydroxylation sites is 3. The summed E-state index contributed by atoms with van der Waals surface area (Å²) in [6.07, 6.45) is 2.38. The molecule has 7 heteroatoms. The maximum atomic E-state index is 13.0. The largest absolute Gasteiger partial charge is 0.496 e. The third kappa shape index (κ3) is 5.46. The minimum Gasteiger partial charge on any atom is -0.496 e. The first kappa shape index (κ1) is 23.3. The number of methoxy groups -OCH3 is 1. The van der Waals surface area contributed by atoms with E-state index in [2.05, 4.69) is 19.2 Å². The Morgan fingerprint density at radius 3 is 2.44 bits per heavy atom. The molecule has 0 saturated heterocycles. The van der Waals surface area contributed by atoms with Crippen LogP contribution < -0.4 is 10.1 Å². The van der Waals surface area contributed by atoms with Crippen LogP contribution in [0.2, 0.25) is 0 Å². The molecule has 1 aromatic heterocycles. The lowest BCUT2D eigenvalue weighted by Gasteiger charge is -2.22. The maximum absolute atomic E-state index is 13.0. The molecule has 0 fully saturated rings. The Morgan fingerprint density at radius 1 is 1.03 bits per heavy atom. The van der Waals surface area contributed by atoms with Crippen LogP contribution in [0.25, 0.3) is 11.0 Å². The fourth-order valence-electron chi connectivity index (χ4n) is 3.84. The predicted octanol–water partition coefficient (Wildman–Crippen LogP) is 3.67. The SMILES string of the molecule is CCCN(CCC)C(=O)Cn1c(CCNC(=O)c2ccccc2OC)nc2ccccc21. The Labute approximate surface area is 189 Å². The highest BCUT2D eigenvalue weighted by molar-refractivity contribution is 5.96. The minimum atomic E-state index is -0.196. The first-order chi connectivity index (χ1) is 15.6. The van der Waals surface area contributed by atoms with Gasteiger partial charge in [-0.15, -0.1) is 0 Å². The maximum Gasteiger partial charge on any atom is 0.255 e. The number of hydrogen-bond donors (Lipinski definition) is 1. The average molecular weight is 437 g/mol. The van der Waals surface area contributed by atoms with E-state index >= 15 is 0 Å². The van der Waals surface area contributed by atoms with Crippen LogP contribution in [0.5, 0.6) is 5.75 Å². The van der Waals surface area contributed by atoms with Gasteiger partial charge in [0.1, 0.15) is 18.1 Å². The second-order valence-electron chi connectivity index (χ2n) is 7.69. The fourth-order valence-corrected chi connectivity index (χ4v) is 3.84. The summed E-state index contributed by atoms with van der Waals surface area (Å²) in [4.78, 5) is 32.3. The fraction of sp³-hybridized carbons (Fsp3) is 0.400. The van der Waals surface area contributed by atoms with Gasteiger partial charge in [0.25, 0.3) is 5.91 Å². The normalized spacial score (nSPS) is 10.8. The molecule has 1 N–H and O–H groups in total. The summed E-state index contributed by atoms with van der Waals surface area (Å²) >= 11 is 0. The number of amides is 2. The van der Waals surface area contributed by atoms with Crippen LogP contribution in [0.15, 0.2) is 48.5 Å². The zero-order valence-electron chi connectivity index (χ0n) is 19.1. The zero-order valence-corrected chi connectivity index (χ0v) is 19.1. The minimum absolute atomic E-state index is 0.0937. The molecule has 0 radical (unpaired) electrons. The average Bonchev–Trinajstić information content (AvgIpc) is 3.16. The van der Waals surface area contributed by atoms with Crippen molar-refractivity contribution in [1.82, 2.24) is 19.8 Å². The molecule has 0 aliphatic heterocycles. The molecule has 0 saturated carbocycles. The lowest BCUT2D eigenvalue weighted by Crippen LogP contribution is -2.35. The van der Waals surface area contributed by atoms with E-state index in [1.165, 1.54) is 0 Å². The van der Waals surface area contributed by atoms with E-state index in [0.717, 1.165) is 42.8 Å². The second kappa shape index (κ2) is 11.3. The molecule has 0 spiro atoms. The Bertz CT molecular complexity index is 1050. The molecule has 2 aromatic carbocycles. The van der Waals surface area contributed by atoms with E-state index in [0.29, 0.717) is 24.3 Å². The first-order valence-corrected chi connectivity index (χ1v) is 11.2. The van der Waals surface area contributed by atoms with Gasteiger partial charge in [0.2, 0.25) is 5.91 Å². The van der Waals surface area contributed by atoms with E-state index in [1.54, 1.807) is 25.3 Å². The number of nitrogens with zero attached hydrogens (tertiary/aromatic N) is 3. The number of benzene rings is 2. The van der Waals surface area contributed by atoms with E-state index in [1.807, 2.05) is 39.8 Å². The van der Waals surface area contributed by atoms with Crippen LogP contribution in [0.4, 0.5) is 0 Å². The molecule has 3 rings (SSSR count). The summed E-state index contributed by atoms with van der Waals surface area (Å²) in [7, 11) is 1.55. The standard InChI is InChI=1S/C25H32N4O3/c1-4-16-28(17-5-2)24(30)18-29-21-12-8-7-11-20(21)27-23(29)14-15-26-25(31)19-10-6-9-13-22(19)32-3/h6-13H,4-5,14-18H2,1-3H3,(H,26,31). The number of rotatable bonds is 11. The van der Waals surface area contributed by atoms with Crippen LogP contribution in [0.1, 0.15) is 42.9 Å². The summed E-state index contributed by atoms with van der Waals surface area (Å²) in [5, 5.41) is 2.94. The molecule has 0 atom stereocenters. The third-order valence-corrected chi connectivity index (χ3v) is 5.35. The smallest absolute Gasteiger partial charge is 0.255 e. The molecule has 7 nitrogen and oxygen atoms in total. The Balaban J connectivity index is 1.75. The third-order valence-electron chi connectivity index (χ3n) is 5.35. The van der Waals surface area contributed by atoms with E-state index in [-0.39, 0.29) is 18.4 Å². The summed E-state index contributed by atoms with van der Waals surface area (Å²) < 4.78 is 7.25. The van der Waals surface area contributed by atoms with Crippen LogP contribution in [0, 0.1) is 0 Å². The van der Waals surface area contributed by atoms with Gasteiger partial charge in [-0.2, -0.15) is 0 Å². The van der Waals surface area contributed by atoms with Gasteiger partial charge >= 0.3 is 0 Å². The molecular formula is C25H32N4O3. The van der Waals surface area contributed by atoms with Crippen LogP contribution >= 0.6 is 0 Å². The van der Waals surface area contributed by atoms with Gasteiger partial charge in [-0.05, 0) is 37.1 Å². The molecule has 0 aliphatic carbocycles. The number of nitrogens with one attached hydrogen (secondary N) is 1. The molecular weight excluding hydrogens is 404 g/mol. The van der Waals surface area contributed by atoms with Gasteiger partial charge in [0.05, 0.1) is 23.7 Å². The number of ether oxygens (including phenoxy) is 1. The van der Waals surface area contributed by atoms with Crippen molar-refractivity contribution < 1.29 is 14.3 Å². The van der Waals surface area contributed by atoms with Gasteiger partial charge in [0.15, 0.2) is 0 Å². The summed E-state index contributed by atoms with van der Waals surface area (Å²) in [6.45, 7) is 6.32. The summed E-state index contributed by atoms with van der Waals surface area (Å²) in [6, 6.07) is 15.0. The Hall–Kier alpha value is -3.35. The Kier molecular flexibility index (Phi) is 8.25. The van der Waals surface area contributed by atoms with Crippen LogP contribution in [0.3, 0.4) is 0 Å². The zero-order chi connectivity index (χ0) is 22.9. The molecule has 170 valence electrons. The number of carbonyl (C=O) groups excluding carboxylic acids is 2. The van der Waals surface area contributed by atoms with Crippen molar-refractivity contribution in [2.24, 2.45) is 0 Å². The topological polar surface area (TPSA) is 76.5 Å². The van der Waals surface area contributed by atoms with Crippen molar-refractivity contribution in [1.29, 1.82) is 0 Å². The number of aromatic nitrogens is 2. The lowest BCUT2D eigenvalue weighted by molar-refractivity contribution is -0.131. The molecule has 0 bridgehead atoms. The highest BCUT2D eigenvalue weighted by Crippen LogP contribution is 2.18. The van der Waals surface area contributed by atoms with E-state index in [9.17, 15) is 9.59 Å². The molecule has 1 heterocycles. The summed E-state index contributed by atoms with van der Waals surface area (Å²) in [5.41, 5.74) is 2.28. The quantitative estimate of drug-likeness (QED) is 0.498. The predicted molar refractivity (Wildman–Crippen MR) is 126 cm³/mol. The van der Waals surface area contributed by atoms with Crippen molar-refractivity contribution in [2.75, 3.05) is 26.7 Å². The van der Waals surface area contributed by atoms with E-state index in [4.69, 9.17) is 9.72 Å². The highest BCUT2D eigenvalue weighted by atomic mass is 16.5. The highest BCUT2D eigenvalue weighted by Gasteiger charge is 2.18. The molecule has 2 amide bonds. The first-order valence-electron chi connectivity index (χ1n) is 11.2. The van der Waals surface area contributed by atoms with Crippen molar-refractivity contribution in [3.8, 4) is 5.75 Å². The number of carbonyl (C=O) groups is 2. The van der Waals surface area contributed by atoms with Crippen LogP contribution in [-0.4, -0.2) is 53.0 Å². The molecule has 0 aliphatic rings. The molecule has 0 unspecified atom stereocenters. The molecule has 32 heavy (non-hydrogen) atoms. The van der Waals surface area contributed by atoms with Crippen molar-refractivity contribution in [3.05, 3.63) is 59.9 Å². The van der Waals surface area contributed by atoms with Crippen molar-refractivity contribution in [3.63, 3.8) is 0 Å². The molecule has 3 aromatic rings.